The van der Waals surface area contributed by atoms with Crippen LogP contribution in [0, 0.1) is 20.8 Å². The van der Waals surface area contributed by atoms with Crippen molar-refractivity contribution in [2.24, 2.45) is 5.73 Å². The molecule has 0 radical (unpaired) electrons. The molecule has 0 heterocycles. The highest BCUT2D eigenvalue weighted by Crippen LogP contribution is 2.24. The normalized spacial score (nSPS) is 12.5. The van der Waals surface area contributed by atoms with Crippen LogP contribution in [0.3, 0.4) is 0 Å². The molecule has 1 rings (SSSR count). The lowest BCUT2D eigenvalue weighted by molar-refractivity contribution is 0.0525. The van der Waals surface area contributed by atoms with Crippen molar-refractivity contribution in [2.75, 3.05) is 19.8 Å². The molecular formula is C15H25NO2. The minimum absolute atomic E-state index is 0.0982. The number of hydrogen-bond acceptors (Lipinski definition) is 3. The van der Waals surface area contributed by atoms with Crippen LogP contribution in [0.25, 0.3) is 0 Å². The summed E-state index contributed by atoms with van der Waals surface area (Å²) in [5.41, 5.74) is 9.28. The minimum Gasteiger partial charge on any atom is -0.493 e. The molecule has 0 aromatic heterocycles. The molecule has 2 N–H and O–H groups in total. The van der Waals surface area contributed by atoms with E-state index in [0.29, 0.717) is 19.8 Å². The summed E-state index contributed by atoms with van der Waals surface area (Å²) in [5, 5.41) is 0. The zero-order chi connectivity index (χ0) is 13.5. The summed E-state index contributed by atoms with van der Waals surface area (Å²) in [7, 11) is 0. The van der Waals surface area contributed by atoms with E-state index in [1.807, 2.05) is 6.92 Å². The third-order valence-electron chi connectivity index (χ3n) is 2.96. The first kappa shape index (κ1) is 15.0. The van der Waals surface area contributed by atoms with Gasteiger partial charge >= 0.3 is 0 Å². The van der Waals surface area contributed by atoms with Gasteiger partial charge in [0.05, 0.1) is 12.7 Å². The van der Waals surface area contributed by atoms with E-state index in [-0.39, 0.29) is 6.10 Å². The Balaban J connectivity index is 2.53. The van der Waals surface area contributed by atoms with Gasteiger partial charge in [-0.3, -0.25) is 0 Å². The Morgan fingerprint density at radius 1 is 1.17 bits per heavy atom. The Morgan fingerprint density at radius 2 is 1.78 bits per heavy atom. The second kappa shape index (κ2) is 7.39. The lowest BCUT2D eigenvalue weighted by atomic mass is 10.1. The van der Waals surface area contributed by atoms with Gasteiger partial charge in [-0.1, -0.05) is 17.7 Å². The van der Waals surface area contributed by atoms with Crippen molar-refractivity contribution >= 4 is 0 Å². The molecule has 0 spiro atoms. The third-order valence-corrected chi connectivity index (χ3v) is 2.96. The molecule has 0 aliphatic heterocycles. The van der Waals surface area contributed by atoms with Crippen molar-refractivity contribution in [3.8, 4) is 5.75 Å². The van der Waals surface area contributed by atoms with Crippen LogP contribution in [0.15, 0.2) is 12.1 Å². The molecule has 1 aromatic carbocycles. The van der Waals surface area contributed by atoms with Gasteiger partial charge in [0.1, 0.15) is 5.75 Å². The monoisotopic (exact) mass is 251 g/mol. The maximum absolute atomic E-state index is 5.87. The number of ether oxygens (including phenoxy) is 2. The molecule has 0 fully saturated rings. The first-order valence-corrected chi connectivity index (χ1v) is 6.60. The minimum atomic E-state index is 0.0982. The van der Waals surface area contributed by atoms with E-state index in [0.717, 1.165) is 12.2 Å². The summed E-state index contributed by atoms with van der Waals surface area (Å²) in [6, 6.07) is 4.29. The Hall–Kier alpha value is -1.06. The first-order valence-electron chi connectivity index (χ1n) is 6.60. The van der Waals surface area contributed by atoms with Gasteiger partial charge in [-0.05, 0) is 38.8 Å². The third kappa shape index (κ3) is 4.31. The molecular weight excluding hydrogens is 226 g/mol. The van der Waals surface area contributed by atoms with Crippen molar-refractivity contribution in [1.29, 1.82) is 0 Å². The molecule has 3 heteroatoms. The van der Waals surface area contributed by atoms with E-state index < -0.39 is 0 Å². The Bertz CT molecular complexity index is 354. The Labute approximate surface area is 110 Å². The van der Waals surface area contributed by atoms with Crippen LogP contribution in [0.1, 0.15) is 30.0 Å². The molecule has 1 unspecified atom stereocenters. The highest BCUT2D eigenvalue weighted by atomic mass is 16.5. The predicted molar refractivity (Wildman–Crippen MR) is 75.2 cm³/mol. The number of aryl methyl sites for hydroxylation is 3. The van der Waals surface area contributed by atoms with E-state index in [1.54, 1.807) is 0 Å². The molecule has 3 nitrogen and oxygen atoms in total. The molecule has 0 amide bonds. The smallest absolute Gasteiger partial charge is 0.125 e. The Kier molecular flexibility index (Phi) is 6.16. The average Bonchev–Trinajstić information content (AvgIpc) is 2.31. The van der Waals surface area contributed by atoms with Crippen LogP contribution >= 0.6 is 0 Å². The van der Waals surface area contributed by atoms with Gasteiger partial charge < -0.3 is 15.2 Å². The van der Waals surface area contributed by atoms with Crippen LogP contribution in [0.5, 0.6) is 5.75 Å². The highest BCUT2D eigenvalue weighted by Gasteiger charge is 2.08. The number of hydrogen-bond donors (Lipinski definition) is 1. The zero-order valence-electron chi connectivity index (χ0n) is 12.0. The van der Waals surface area contributed by atoms with E-state index in [4.69, 9.17) is 15.2 Å². The van der Waals surface area contributed by atoms with E-state index in [1.165, 1.54) is 16.7 Å². The summed E-state index contributed by atoms with van der Waals surface area (Å²) in [5.74, 6) is 0.993. The number of rotatable bonds is 7. The van der Waals surface area contributed by atoms with E-state index in [2.05, 4.69) is 32.9 Å². The molecule has 1 aromatic rings. The SMILES string of the molecule is CCOC(CN)CCOc1c(C)cc(C)cc1C. The maximum Gasteiger partial charge on any atom is 0.125 e. The van der Waals surface area contributed by atoms with Crippen LogP contribution < -0.4 is 10.5 Å². The summed E-state index contributed by atoms with van der Waals surface area (Å²) < 4.78 is 11.4. The molecule has 0 aliphatic carbocycles. The maximum atomic E-state index is 5.87. The van der Waals surface area contributed by atoms with Gasteiger partial charge in [-0.15, -0.1) is 0 Å². The summed E-state index contributed by atoms with van der Waals surface area (Å²) in [6.07, 6.45) is 0.929. The fourth-order valence-electron chi connectivity index (χ4n) is 2.19. The van der Waals surface area contributed by atoms with Gasteiger partial charge in [-0.25, -0.2) is 0 Å². The van der Waals surface area contributed by atoms with Crippen molar-refractivity contribution < 1.29 is 9.47 Å². The van der Waals surface area contributed by atoms with Gasteiger partial charge in [0.25, 0.3) is 0 Å². The van der Waals surface area contributed by atoms with Crippen molar-refractivity contribution in [3.63, 3.8) is 0 Å². The first-order chi connectivity index (χ1) is 8.58. The number of benzene rings is 1. The van der Waals surface area contributed by atoms with Crippen molar-refractivity contribution in [2.45, 2.75) is 40.2 Å². The fraction of sp³-hybridized carbons (Fsp3) is 0.600. The van der Waals surface area contributed by atoms with Crippen molar-refractivity contribution in [1.82, 2.24) is 0 Å². The topological polar surface area (TPSA) is 44.5 Å². The largest absolute Gasteiger partial charge is 0.493 e. The van der Waals surface area contributed by atoms with Crippen LogP contribution in [0.4, 0.5) is 0 Å². The lowest BCUT2D eigenvalue weighted by Crippen LogP contribution is -2.26. The molecule has 0 aliphatic rings. The van der Waals surface area contributed by atoms with E-state index >= 15 is 0 Å². The molecule has 0 saturated carbocycles. The Morgan fingerprint density at radius 3 is 2.28 bits per heavy atom. The van der Waals surface area contributed by atoms with Gasteiger partial charge in [0, 0.05) is 19.6 Å². The summed E-state index contributed by atoms with van der Waals surface area (Å²) in [4.78, 5) is 0. The predicted octanol–water partition coefficient (Wildman–Crippen LogP) is 2.74. The zero-order valence-corrected chi connectivity index (χ0v) is 12.0. The second-order valence-corrected chi connectivity index (χ2v) is 4.68. The summed E-state index contributed by atoms with van der Waals surface area (Å²) in [6.45, 7) is 10.1. The average molecular weight is 251 g/mol. The molecule has 102 valence electrons. The van der Waals surface area contributed by atoms with Crippen LogP contribution in [-0.4, -0.2) is 25.9 Å². The van der Waals surface area contributed by atoms with E-state index in [9.17, 15) is 0 Å². The highest BCUT2D eigenvalue weighted by molar-refractivity contribution is 5.42. The van der Waals surface area contributed by atoms with Crippen LogP contribution in [0.2, 0.25) is 0 Å². The molecule has 18 heavy (non-hydrogen) atoms. The second-order valence-electron chi connectivity index (χ2n) is 4.68. The summed E-state index contributed by atoms with van der Waals surface area (Å²) >= 11 is 0. The fourth-order valence-corrected chi connectivity index (χ4v) is 2.19. The number of nitrogens with two attached hydrogens (primary N) is 1. The van der Waals surface area contributed by atoms with Gasteiger partial charge in [-0.2, -0.15) is 0 Å². The van der Waals surface area contributed by atoms with Gasteiger partial charge in [0.2, 0.25) is 0 Å². The van der Waals surface area contributed by atoms with Crippen LogP contribution in [-0.2, 0) is 4.74 Å². The van der Waals surface area contributed by atoms with Crippen molar-refractivity contribution in [3.05, 3.63) is 28.8 Å². The van der Waals surface area contributed by atoms with Gasteiger partial charge in [0.15, 0.2) is 0 Å². The molecule has 1 atom stereocenters. The quantitative estimate of drug-likeness (QED) is 0.810. The molecule has 0 saturated heterocycles. The lowest BCUT2D eigenvalue weighted by Gasteiger charge is -2.17. The molecule has 0 bridgehead atoms. The standard InChI is InChI=1S/C15H25NO2/c1-5-17-14(10-16)6-7-18-15-12(3)8-11(2)9-13(15)4/h8-9,14H,5-7,10,16H2,1-4H3.